The maximum atomic E-state index is 2.43. The van der Waals surface area contributed by atoms with E-state index in [9.17, 15) is 0 Å². The van der Waals surface area contributed by atoms with Gasteiger partial charge in [-0.05, 0) is 110 Å². The van der Waals surface area contributed by atoms with Gasteiger partial charge < -0.3 is 0 Å². The number of hydrogen-bond donors (Lipinski definition) is 0. The highest BCUT2D eigenvalue weighted by molar-refractivity contribution is 5.24. The van der Waals surface area contributed by atoms with Crippen LogP contribution in [0.1, 0.15) is 87.5 Å². The topological polar surface area (TPSA) is 0 Å². The molecule has 2 aliphatic carbocycles. The van der Waals surface area contributed by atoms with Crippen molar-refractivity contribution in [2.24, 2.45) is 23.7 Å². The smallest absolute Gasteiger partial charge is 0.0250 e. The summed E-state index contributed by atoms with van der Waals surface area (Å²) in [6.07, 6.45) is 16.4. The van der Waals surface area contributed by atoms with Crippen molar-refractivity contribution in [3.63, 3.8) is 0 Å². The predicted octanol–water partition coefficient (Wildman–Crippen LogP) is 8.21. The van der Waals surface area contributed by atoms with Gasteiger partial charge in [0, 0.05) is 0 Å². The van der Waals surface area contributed by atoms with Crippen molar-refractivity contribution < 1.29 is 0 Å². The zero-order chi connectivity index (χ0) is 20.8. The molecule has 0 unspecified atom stereocenters. The van der Waals surface area contributed by atoms with Crippen molar-refractivity contribution >= 4 is 0 Å². The first-order valence-electron chi connectivity index (χ1n) is 12.8. The lowest BCUT2D eigenvalue weighted by atomic mass is 9.77. The van der Waals surface area contributed by atoms with Crippen LogP contribution in [0.15, 0.2) is 48.5 Å². The maximum Gasteiger partial charge on any atom is -0.0250 e. The molecule has 0 N–H and O–H groups in total. The van der Waals surface area contributed by atoms with Crippen molar-refractivity contribution in [3.05, 3.63) is 70.8 Å². The fourth-order valence-corrected chi connectivity index (χ4v) is 5.90. The Morgan fingerprint density at radius 1 is 0.500 bits per heavy atom. The Bertz CT molecular complexity index is 738. The van der Waals surface area contributed by atoms with Gasteiger partial charge in [0.15, 0.2) is 0 Å². The van der Waals surface area contributed by atoms with E-state index in [1.165, 1.54) is 76.2 Å². The molecule has 0 bridgehead atoms. The molecule has 0 nitrogen and oxygen atoms in total. The second-order valence-electron chi connectivity index (χ2n) is 10.6. The number of benzene rings is 2. The van der Waals surface area contributed by atoms with E-state index in [-0.39, 0.29) is 0 Å². The summed E-state index contributed by atoms with van der Waals surface area (Å²) in [6, 6.07) is 19.1. The lowest BCUT2D eigenvalue weighted by Gasteiger charge is -2.29. The molecule has 0 radical (unpaired) electrons. The first-order chi connectivity index (χ1) is 14.7. The van der Waals surface area contributed by atoms with Crippen molar-refractivity contribution in [3.8, 4) is 0 Å². The largest absolute Gasteiger partial charge is 0.0625 e. The van der Waals surface area contributed by atoms with E-state index in [1.54, 1.807) is 16.7 Å². The molecule has 162 valence electrons. The van der Waals surface area contributed by atoms with Crippen LogP contribution in [0, 0.1) is 23.7 Å². The Morgan fingerprint density at radius 2 is 0.800 bits per heavy atom. The third-order valence-corrected chi connectivity index (χ3v) is 8.13. The normalized spacial score (nSPS) is 27.1. The van der Waals surface area contributed by atoms with Crippen LogP contribution in [0.25, 0.3) is 0 Å². The lowest BCUT2D eigenvalue weighted by molar-refractivity contribution is 0.272. The van der Waals surface area contributed by atoms with Gasteiger partial charge in [0.25, 0.3) is 0 Å². The highest BCUT2D eigenvalue weighted by Gasteiger charge is 2.22. The van der Waals surface area contributed by atoms with Crippen molar-refractivity contribution in [1.82, 2.24) is 0 Å². The minimum Gasteiger partial charge on any atom is -0.0625 e. The molecule has 0 aromatic heterocycles. The monoisotopic (exact) mass is 402 g/mol. The Labute approximate surface area is 185 Å². The second-order valence-corrected chi connectivity index (χ2v) is 10.6. The molecule has 0 heterocycles. The van der Waals surface area contributed by atoms with Gasteiger partial charge in [0.05, 0.1) is 0 Å². The van der Waals surface area contributed by atoms with E-state index in [0.29, 0.717) is 0 Å². The van der Waals surface area contributed by atoms with Gasteiger partial charge in [0.1, 0.15) is 0 Å². The van der Waals surface area contributed by atoms with Crippen LogP contribution in [0.2, 0.25) is 0 Å². The Kier molecular flexibility index (Phi) is 7.69. The van der Waals surface area contributed by atoms with E-state index < -0.39 is 0 Å². The minimum absolute atomic E-state index is 0.898. The molecular weight excluding hydrogens is 360 g/mol. The molecule has 0 saturated heterocycles. The van der Waals surface area contributed by atoms with Crippen molar-refractivity contribution in [1.29, 1.82) is 0 Å². The SMILES string of the molecule is CCc1ccc(CC2CCC(Cc3ccc(CC4CCC(C)CC4)cc3)CC2)cc1. The molecule has 0 amide bonds. The summed E-state index contributed by atoms with van der Waals surface area (Å²) >= 11 is 0. The molecule has 0 aliphatic heterocycles. The van der Waals surface area contributed by atoms with Gasteiger partial charge in [-0.25, -0.2) is 0 Å². The van der Waals surface area contributed by atoms with Gasteiger partial charge in [-0.3, -0.25) is 0 Å². The van der Waals surface area contributed by atoms with Gasteiger partial charge in [-0.2, -0.15) is 0 Å². The van der Waals surface area contributed by atoms with E-state index in [1.807, 2.05) is 0 Å². The van der Waals surface area contributed by atoms with Crippen molar-refractivity contribution in [2.75, 3.05) is 0 Å². The molecule has 30 heavy (non-hydrogen) atoms. The third-order valence-electron chi connectivity index (χ3n) is 8.13. The summed E-state index contributed by atoms with van der Waals surface area (Å²) in [5, 5.41) is 0. The molecule has 2 saturated carbocycles. The van der Waals surface area contributed by atoms with Gasteiger partial charge in [-0.1, -0.05) is 75.2 Å². The summed E-state index contributed by atoms with van der Waals surface area (Å²) in [5.74, 6) is 3.68. The highest BCUT2D eigenvalue weighted by Crippen LogP contribution is 2.34. The van der Waals surface area contributed by atoms with Crippen LogP contribution >= 0.6 is 0 Å². The van der Waals surface area contributed by atoms with Gasteiger partial charge in [-0.15, -0.1) is 0 Å². The van der Waals surface area contributed by atoms with Crippen LogP contribution in [0.4, 0.5) is 0 Å². The molecule has 2 aliphatic rings. The minimum atomic E-state index is 0.898. The molecule has 0 atom stereocenters. The highest BCUT2D eigenvalue weighted by atomic mass is 14.3. The first-order valence-corrected chi connectivity index (χ1v) is 12.8. The zero-order valence-electron chi connectivity index (χ0n) is 19.4. The van der Waals surface area contributed by atoms with E-state index in [4.69, 9.17) is 0 Å². The fourth-order valence-electron chi connectivity index (χ4n) is 5.90. The molecular formula is C30H42. The third kappa shape index (κ3) is 6.22. The summed E-state index contributed by atoms with van der Waals surface area (Å²) in [6.45, 7) is 4.66. The quantitative estimate of drug-likeness (QED) is 0.437. The molecule has 4 rings (SSSR count). The van der Waals surface area contributed by atoms with Crippen LogP contribution in [-0.2, 0) is 25.7 Å². The summed E-state index contributed by atoms with van der Waals surface area (Å²) in [5.41, 5.74) is 6.13. The maximum absolute atomic E-state index is 2.43. The van der Waals surface area contributed by atoms with Gasteiger partial charge >= 0.3 is 0 Å². The average molecular weight is 403 g/mol. The van der Waals surface area contributed by atoms with Crippen LogP contribution in [0.3, 0.4) is 0 Å². The molecule has 2 fully saturated rings. The molecule has 0 spiro atoms. The zero-order valence-corrected chi connectivity index (χ0v) is 19.4. The fraction of sp³-hybridized carbons (Fsp3) is 0.600. The van der Waals surface area contributed by atoms with Crippen molar-refractivity contribution in [2.45, 2.75) is 90.9 Å². The standard InChI is InChI=1S/C30H42/c1-3-24-8-10-26(11-9-24)21-28-16-18-30(19-17-28)22-29-14-12-27(13-15-29)20-25-6-4-23(2)5-7-25/h8-15,23,25,28,30H,3-7,16-22H2,1-2H3. The molecule has 0 heteroatoms. The van der Waals surface area contributed by atoms with Crippen LogP contribution < -0.4 is 0 Å². The average Bonchev–Trinajstić information content (AvgIpc) is 2.78. The second kappa shape index (κ2) is 10.7. The van der Waals surface area contributed by atoms with Gasteiger partial charge in [0.2, 0.25) is 0 Å². The number of aryl methyl sites for hydroxylation is 1. The summed E-state index contributed by atoms with van der Waals surface area (Å²) in [4.78, 5) is 0. The van der Waals surface area contributed by atoms with E-state index >= 15 is 0 Å². The summed E-state index contributed by atoms with van der Waals surface area (Å²) in [7, 11) is 0. The van der Waals surface area contributed by atoms with Crippen LogP contribution in [0.5, 0.6) is 0 Å². The number of hydrogen-bond acceptors (Lipinski definition) is 0. The lowest BCUT2D eigenvalue weighted by Crippen LogP contribution is -2.18. The summed E-state index contributed by atoms with van der Waals surface area (Å²) < 4.78 is 0. The molecule has 2 aromatic carbocycles. The predicted molar refractivity (Wildman–Crippen MR) is 130 cm³/mol. The molecule has 2 aromatic rings. The first kappa shape index (κ1) is 21.7. The Hall–Kier alpha value is -1.56. The van der Waals surface area contributed by atoms with E-state index in [0.717, 1.165) is 30.1 Å². The Morgan fingerprint density at radius 3 is 1.13 bits per heavy atom. The number of rotatable bonds is 7. The Balaban J connectivity index is 1.20. The van der Waals surface area contributed by atoms with Crippen LogP contribution in [-0.4, -0.2) is 0 Å². The van der Waals surface area contributed by atoms with E-state index in [2.05, 4.69) is 62.4 Å².